The zero-order chi connectivity index (χ0) is 13.7. The lowest BCUT2D eigenvalue weighted by Gasteiger charge is -2.10. The van der Waals surface area contributed by atoms with Gasteiger partial charge < -0.3 is 9.84 Å². The summed E-state index contributed by atoms with van der Waals surface area (Å²) >= 11 is 0. The summed E-state index contributed by atoms with van der Waals surface area (Å²) < 4.78 is 5.26. The van der Waals surface area contributed by atoms with E-state index in [0.29, 0.717) is 17.9 Å². The molecule has 0 atom stereocenters. The van der Waals surface area contributed by atoms with E-state index in [9.17, 15) is 5.11 Å². The van der Waals surface area contributed by atoms with E-state index in [1.165, 1.54) is 0 Å². The van der Waals surface area contributed by atoms with Crippen molar-refractivity contribution < 1.29 is 9.84 Å². The van der Waals surface area contributed by atoms with Crippen LogP contribution in [0.15, 0.2) is 53.5 Å². The van der Waals surface area contributed by atoms with Crippen molar-refractivity contribution in [2.45, 2.75) is 13.5 Å². The first-order valence-corrected chi connectivity index (χ1v) is 6.13. The van der Waals surface area contributed by atoms with Crippen LogP contribution in [-0.2, 0) is 6.54 Å². The molecule has 0 aliphatic rings. The SMILES string of the molecule is COc1cccc(O)c1C(C)=NCc1ccccc1. The molecule has 0 heterocycles. The molecule has 0 aromatic heterocycles. The largest absolute Gasteiger partial charge is 0.507 e. The minimum atomic E-state index is 0.189. The highest BCUT2D eigenvalue weighted by Gasteiger charge is 2.10. The van der Waals surface area contributed by atoms with Gasteiger partial charge in [0.25, 0.3) is 0 Å². The molecule has 19 heavy (non-hydrogen) atoms. The highest BCUT2D eigenvalue weighted by molar-refractivity contribution is 6.03. The van der Waals surface area contributed by atoms with E-state index in [1.807, 2.05) is 43.3 Å². The number of nitrogens with zero attached hydrogens (tertiary/aromatic N) is 1. The van der Waals surface area contributed by atoms with E-state index >= 15 is 0 Å². The van der Waals surface area contributed by atoms with Gasteiger partial charge in [0.15, 0.2) is 0 Å². The molecular weight excluding hydrogens is 238 g/mol. The van der Waals surface area contributed by atoms with E-state index in [0.717, 1.165) is 11.3 Å². The van der Waals surface area contributed by atoms with E-state index in [2.05, 4.69) is 4.99 Å². The normalized spacial score (nSPS) is 11.4. The number of aliphatic imine (C=N–C) groups is 1. The number of hydrogen-bond acceptors (Lipinski definition) is 3. The number of aromatic hydroxyl groups is 1. The predicted octanol–water partition coefficient (Wildman–Crippen LogP) is 3.41. The topological polar surface area (TPSA) is 41.8 Å². The molecule has 0 aliphatic heterocycles. The summed E-state index contributed by atoms with van der Waals surface area (Å²) in [7, 11) is 1.59. The Morgan fingerprint density at radius 1 is 1.11 bits per heavy atom. The van der Waals surface area contributed by atoms with Crippen molar-refractivity contribution in [3.8, 4) is 11.5 Å². The third-order valence-corrected chi connectivity index (χ3v) is 2.93. The van der Waals surface area contributed by atoms with Crippen molar-refractivity contribution in [3.63, 3.8) is 0 Å². The standard InChI is InChI=1S/C16H17NO2/c1-12(17-11-13-7-4-3-5-8-13)16-14(18)9-6-10-15(16)19-2/h3-10,18H,11H2,1-2H3. The van der Waals surface area contributed by atoms with Crippen molar-refractivity contribution in [1.29, 1.82) is 0 Å². The van der Waals surface area contributed by atoms with Gasteiger partial charge in [-0.1, -0.05) is 36.4 Å². The summed E-state index contributed by atoms with van der Waals surface area (Å²) in [5.41, 5.74) is 2.55. The second-order valence-electron chi connectivity index (χ2n) is 4.24. The highest BCUT2D eigenvalue weighted by Crippen LogP contribution is 2.28. The number of rotatable bonds is 4. The number of methoxy groups -OCH3 is 1. The van der Waals surface area contributed by atoms with Gasteiger partial charge in [0.1, 0.15) is 11.5 Å². The summed E-state index contributed by atoms with van der Waals surface area (Å²) in [6.07, 6.45) is 0. The molecule has 0 saturated heterocycles. The first kappa shape index (κ1) is 13.1. The van der Waals surface area contributed by atoms with Crippen LogP contribution in [-0.4, -0.2) is 17.9 Å². The lowest BCUT2D eigenvalue weighted by Crippen LogP contribution is -2.00. The molecule has 2 rings (SSSR count). The zero-order valence-electron chi connectivity index (χ0n) is 11.1. The third kappa shape index (κ3) is 3.13. The maximum atomic E-state index is 9.93. The van der Waals surface area contributed by atoms with Gasteiger partial charge in [-0.2, -0.15) is 0 Å². The van der Waals surface area contributed by atoms with Crippen LogP contribution < -0.4 is 4.74 Å². The number of phenols is 1. The van der Waals surface area contributed by atoms with Crippen LogP contribution >= 0.6 is 0 Å². The van der Waals surface area contributed by atoms with Gasteiger partial charge in [-0.05, 0) is 24.6 Å². The van der Waals surface area contributed by atoms with Gasteiger partial charge in [-0.15, -0.1) is 0 Å². The monoisotopic (exact) mass is 255 g/mol. The van der Waals surface area contributed by atoms with Gasteiger partial charge in [0, 0.05) is 5.71 Å². The van der Waals surface area contributed by atoms with Crippen LogP contribution in [0.4, 0.5) is 0 Å². The summed E-state index contributed by atoms with van der Waals surface area (Å²) in [5, 5.41) is 9.93. The first-order chi connectivity index (χ1) is 9.22. The molecule has 2 aromatic carbocycles. The minimum Gasteiger partial charge on any atom is -0.507 e. The molecule has 1 N–H and O–H groups in total. The molecule has 0 unspecified atom stereocenters. The summed E-state index contributed by atoms with van der Waals surface area (Å²) in [6, 6.07) is 15.2. The molecular formula is C16H17NO2. The summed E-state index contributed by atoms with van der Waals surface area (Å²) in [5.74, 6) is 0.822. The Bertz CT molecular complexity index is 577. The number of phenolic OH excluding ortho intramolecular Hbond substituents is 1. The maximum absolute atomic E-state index is 9.93. The van der Waals surface area contributed by atoms with Crippen LogP contribution in [0.2, 0.25) is 0 Å². The van der Waals surface area contributed by atoms with Crippen molar-refractivity contribution in [1.82, 2.24) is 0 Å². The lowest BCUT2D eigenvalue weighted by molar-refractivity contribution is 0.406. The van der Waals surface area contributed by atoms with Crippen molar-refractivity contribution >= 4 is 5.71 Å². The lowest BCUT2D eigenvalue weighted by atomic mass is 10.1. The van der Waals surface area contributed by atoms with E-state index in [4.69, 9.17) is 4.74 Å². The van der Waals surface area contributed by atoms with Gasteiger partial charge in [0.05, 0.1) is 19.2 Å². The number of benzene rings is 2. The Labute approximate surface area is 113 Å². The van der Waals surface area contributed by atoms with Gasteiger partial charge in [0.2, 0.25) is 0 Å². The zero-order valence-corrected chi connectivity index (χ0v) is 11.1. The fourth-order valence-corrected chi connectivity index (χ4v) is 1.93. The van der Waals surface area contributed by atoms with E-state index in [-0.39, 0.29) is 5.75 Å². The predicted molar refractivity (Wildman–Crippen MR) is 77.0 cm³/mol. The van der Waals surface area contributed by atoms with Crippen LogP contribution in [0.3, 0.4) is 0 Å². The van der Waals surface area contributed by atoms with Crippen molar-refractivity contribution in [2.24, 2.45) is 4.99 Å². The van der Waals surface area contributed by atoms with Crippen LogP contribution in [0.5, 0.6) is 11.5 Å². The fraction of sp³-hybridized carbons (Fsp3) is 0.188. The molecule has 0 saturated carbocycles. The van der Waals surface area contributed by atoms with Gasteiger partial charge in [-0.25, -0.2) is 0 Å². The number of ether oxygens (including phenoxy) is 1. The van der Waals surface area contributed by atoms with Crippen LogP contribution in [0.25, 0.3) is 0 Å². The molecule has 98 valence electrons. The maximum Gasteiger partial charge on any atom is 0.131 e. The summed E-state index contributed by atoms with van der Waals surface area (Å²) in [4.78, 5) is 4.51. The molecule has 0 fully saturated rings. The molecule has 0 radical (unpaired) electrons. The van der Waals surface area contributed by atoms with Crippen LogP contribution in [0.1, 0.15) is 18.1 Å². The molecule has 0 spiro atoms. The second kappa shape index (κ2) is 6.05. The average molecular weight is 255 g/mol. The molecule has 0 amide bonds. The van der Waals surface area contributed by atoms with Gasteiger partial charge >= 0.3 is 0 Å². The minimum absolute atomic E-state index is 0.189. The third-order valence-electron chi connectivity index (χ3n) is 2.93. The first-order valence-electron chi connectivity index (χ1n) is 6.13. The smallest absolute Gasteiger partial charge is 0.131 e. The summed E-state index contributed by atoms with van der Waals surface area (Å²) in [6.45, 7) is 2.46. The second-order valence-corrected chi connectivity index (χ2v) is 4.24. The fourth-order valence-electron chi connectivity index (χ4n) is 1.93. The van der Waals surface area contributed by atoms with Crippen molar-refractivity contribution in [3.05, 3.63) is 59.7 Å². The molecule has 3 heteroatoms. The Morgan fingerprint density at radius 3 is 2.53 bits per heavy atom. The molecule has 0 bridgehead atoms. The van der Waals surface area contributed by atoms with Crippen molar-refractivity contribution in [2.75, 3.05) is 7.11 Å². The Hall–Kier alpha value is -2.29. The van der Waals surface area contributed by atoms with E-state index < -0.39 is 0 Å². The average Bonchev–Trinajstić information content (AvgIpc) is 2.45. The molecule has 0 aliphatic carbocycles. The Morgan fingerprint density at radius 2 is 1.84 bits per heavy atom. The Balaban J connectivity index is 2.26. The van der Waals surface area contributed by atoms with Crippen LogP contribution in [0, 0.1) is 0 Å². The molecule has 3 nitrogen and oxygen atoms in total. The Kier molecular flexibility index (Phi) is 4.18. The number of hydrogen-bond donors (Lipinski definition) is 1. The molecule has 2 aromatic rings. The quantitative estimate of drug-likeness (QED) is 0.851. The highest BCUT2D eigenvalue weighted by atomic mass is 16.5. The van der Waals surface area contributed by atoms with E-state index in [1.54, 1.807) is 19.2 Å². The van der Waals surface area contributed by atoms with Gasteiger partial charge in [-0.3, -0.25) is 4.99 Å².